The number of nitrogens with zero attached hydrogens (tertiary/aromatic N) is 3. The molecular formula is C46H39N3S. The third kappa shape index (κ3) is 5.60. The highest BCUT2D eigenvalue weighted by atomic mass is 32.2. The maximum Gasteiger partial charge on any atom is 0.0892 e. The highest BCUT2D eigenvalue weighted by Crippen LogP contribution is 2.52. The number of hydrogen-bond donors (Lipinski definition) is 0. The van der Waals surface area contributed by atoms with E-state index >= 15 is 0 Å². The minimum Gasteiger partial charge on any atom is -0.308 e. The van der Waals surface area contributed by atoms with Crippen LogP contribution in [0.5, 0.6) is 0 Å². The Morgan fingerprint density at radius 3 is 1.46 bits per heavy atom. The Labute approximate surface area is 299 Å². The van der Waals surface area contributed by atoms with Crippen molar-refractivity contribution in [1.29, 1.82) is 0 Å². The van der Waals surface area contributed by atoms with Crippen LogP contribution in [0, 0.1) is 41.5 Å². The summed E-state index contributed by atoms with van der Waals surface area (Å²) in [7, 11) is 0. The van der Waals surface area contributed by atoms with Gasteiger partial charge in [0, 0.05) is 27.9 Å². The number of hydrogen-bond acceptors (Lipinski definition) is 4. The summed E-state index contributed by atoms with van der Waals surface area (Å²) < 4.78 is 0. The second-order valence-corrected chi connectivity index (χ2v) is 14.5. The van der Waals surface area contributed by atoms with E-state index in [0.717, 1.165) is 17.0 Å². The number of para-hydroxylation sites is 2. The number of aromatic nitrogens is 2. The summed E-state index contributed by atoms with van der Waals surface area (Å²) in [5, 5.41) is 0. The van der Waals surface area contributed by atoms with Gasteiger partial charge in [-0.05, 0) is 169 Å². The van der Waals surface area contributed by atoms with Crippen LogP contribution < -0.4 is 4.90 Å². The van der Waals surface area contributed by atoms with Crippen LogP contribution >= 0.6 is 11.8 Å². The van der Waals surface area contributed by atoms with E-state index in [1.807, 2.05) is 42.4 Å². The molecule has 0 bridgehead atoms. The van der Waals surface area contributed by atoms with Crippen molar-refractivity contribution in [3.8, 4) is 44.8 Å². The van der Waals surface area contributed by atoms with E-state index in [1.165, 1.54) is 88.1 Å². The Kier molecular flexibility index (Phi) is 8.13. The van der Waals surface area contributed by atoms with E-state index in [9.17, 15) is 0 Å². The molecule has 0 atom stereocenters. The summed E-state index contributed by atoms with van der Waals surface area (Å²) >= 11 is 1.85. The number of pyridine rings is 2. The van der Waals surface area contributed by atoms with Gasteiger partial charge in [-0.2, -0.15) is 0 Å². The predicted octanol–water partition coefficient (Wildman–Crippen LogP) is 12.9. The van der Waals surface area contributed by atoms with Gasteiger partial charge >= 0.3 is 0 Å². The van der Waals surface area contributed by atoms with Crippen molar-refractivity contribution in [1.82, 2.24) is 9.97 Å². The van der Waals surface area contributed by atoms with Gasteiger partial charge in [-0.25, -0.2) is 0 Å². The molecule has 0 saturated carbocycles. The molecular weight excluding hydrogens is 627 g/mol. The first-order valence-corrected chi connectivity index (χ1v) is 18.0. The first-order chi connectivity index (χ1) is 24.3. The monoisotopic (exact) mass is 665 g/mol. The molecule has 0 fully saturated rings. The number of aryl methyl sites for hydroxylation is 6. The second-order valence-electron chi connectivity index (χ2n) is 13.4. The molecule has 244 valence electrons. The van der Waals surface area contributed by atoms with Crippen LogP contribution in [0.15, 0.2) is 137 Å². The summed E-state index contributed by atoms with van der Waals surface area (Å²) in [5.41, 5.74) is 20.6. The Morgan fingerprint density at radius 2 is 0.880 bits per heavy atom. The maximum absolute atomic E-state index is 4.60. The van der Waals surface area contributed by atoms with Gasteiger partial charge in [0.15, 0.2) is 0 Å². The molecule has 1 aliphatic rings. The van der Waals surface area contributed by atoms with Crippen LogP contribution in [0.25, 0.3) is 44.8 Å². The Bertz CT molecular complexity index is 2380. The van der Waals surface area contributed by atoms with Gasteiger partial charge in [-0.1, -0.05) is 66.4 Å². The molecule has 0 amide bonds. The third-order valence-electron chi connectivity index (χ3n) is 9.94. The minimum atomic E-state index is 0.882. The molecule has 0 radical (unpaired) electrons. The van der Waals surface area contributed by atoms with Crippen LogP contribution in [0.2, 0.25) is 0 Å². The van der Waals surface area contributed by atoms with Crippen molar-refractivity contribution in [3.05, 3.63) is 161 Å². The lowest BCUT2D eigenvalue weighted by molar-refractivity contribution is 1.15. The van der Waals surface area contributed by atoms with Gasteiger partial charge in [-0.15, -0.1) is 0 Å². The number of anilines is 3. The zero-order chi connectivity index (χ0) is 34.5. The van der Waals surface area contributed by atoms with Gasteiger partial charge in [-0.3, -0.25) is 9.97 Å². The number of fused-ring (bicyclic) bond motifs is 2. The van der Waals surface area contributed by atoms with Crippen LogP contribution in [-0.2, 0) is 0 Å². The minimum absolute atomic E-state index is 0.882. The largest absolute Gasteiger partial charge is 0.308 e. The zero-order valence-corrected chi connectivity index (χ0v) is 30.2. The van der Waals surface area contributed by atoms with Crippen LogP contribution in [0.3, 0.4) is 0 Å². The van der Waals surface area contributed by atoms with Crippen molar-refractivity contribution < 1.29 is 0 Å². The molecule has 0 unspecified atom stereocenters. The van der Waals surface area contributed by atoms with Gasteiger partial charge in [0.2, 0.25) is 0 Å². The topological polar surface area (TPSA) is 29.0 Å². The fourth-order valence-electron chi connectivity index (χ4n) is 7.36. The molecule has 0 saturated heterocycles. The molecule has 2 aromatic heterocycles. The molecule has 3 heterocycles. The van der Waals surface area contributed by atoms with E-state index in [1.54, 1.807) is 0 Å². The normalized spacial score (nSPS) is 12.1. The molecule has 50 heavy (non-hydrogen) atoms. The Morgan fingerprint density at radius 1 is 0.400 bits per heavy atom. The van der Waals surface area contributed by atoms with E-state index in [0.29, 0.717) is 0 Å². The van der Waals surface area contributed by atoms with Crippen molar-refractivity contribution in [2.75, 3.05) is 4.90 Å². The molecule has 1 aliphatic heterocycles. The molecule has 0 spiro atoms. The van der Waals surface area contributed by atoms with Gasteiger partial charge in [0.25, 0.3) is 0 Å². The summed E-state index contributed by atoms with van der Waals surface area (Å²) in [6.45, 7) is 13.4. The quantitative estimate of drug-likeness (QED) is 0.183. The molecule has 3 nitrogen and oxygen atoms in total. The first-order valence-electron chi connectivity index (χ1n) is 17.1. The highest BCUT2D eigenvalue weighted by Gasteiger charge is 2.26. The van der Waals surface area contributed by atoms with E-state index in [-0.39, 0.29) is 0 Å². The van der Waals surface area contributed by atoms with Gasteiger partial charge in [0.05, 0.1) is 22.8 Å². The number of rotatable bonds is 5. The summed E-state index contributed by atoms with van der Waals surface area (Å²) in [5.74, 6) is 0. The van der Waals surface area contributed by atoms with E-state index in [2.05, 4.69) is 153 Å². The van der Waals surface area contributed by atoms with Crippen molar-refractivity contribution in [2.24, 2.45) is 0 Å². The molecule has 5 aromatic carbocycles. The molecule has 0 N–H and O–H groups in total. The maximum atomic E-state index is 4.60. The molecule has 4 heteroatoms. The fourth-order valence-corrected chi connectivity index (χ4v) is 8.42. The average molecular weight is 666 g/mol. The third-order valence-corrected chi connectivity index (χ3v) is 11.1. The van der Waals surface area contributed by atoms with Crippen LogP contribution in [0.1, 0.15) is 33.4 Å². The van der Waals surface area contributed by atoms with Crippen molar-refractivity contribution >= 4 is 28.8 Å². The molecule has 0 aliphatic carbocycles. The smallest absolute Gasteiger partial charge is 0.0892 e. The van der Waals surface area contributed by atoms with E-state index in [4.69, 9.17) is 0 Å². The van der Waals surface area contributed by atoms with Crippen LogP contribution in [-0.4, -0.2) is 9.97 Å². The van der Waals surface area contributed by atoms with Crippen molar-refractivity contribution in [2.45, 2.75) is 51.3 Å². The fraction of sp³-hybridized carbons (Fsp3) is 0.130. The second kappa shape index (κ2) is 12.8. The summed E-state index contributed by atoms with van der Waals surface area (Å²) in [6.07, 6.45) is 3.70. The first kappa shape index (κ1) is 31.8. The van der Waals surface area contributed by atoms with Gasteiger partial charge < -0.3 is 4.90 Å². The van der Waals surface area contributed by atoms with E-state index < -0.39 is 0 Å². The molecule has 7 aromatic rings. The Hall–Kier alpha value is -5.45. The lowest BCUT2D eigenvalue weighted by atomic mass is 9.86. The lowest BCUT2D eigenvalue weighted by Crippen LogP contribution is -2.16. The van der Waals surface area contributed by atoms with Crippen molar-refractivity contribution in [3.63, 3.8) is 0 Å². The molecule has 8 rings (SSSR count). The SMILES string of the molecule is Cc1cc(-c2cc(C)c(-c3cc(C)c(N4c5ccccc5Sc5ccccc54)cc3C)cc2C)c(C)cc1-c1ccnc(-c2ccccn2)c1. The Balaban J connectivity index is 1.15. The van der Waals surface area contributed by atoms with Gasteiger partial charge in [0.1, 0.15) is 0 Å². The standard InChI is InChI=1S/C46H39N3S/c1-28-22-36(29(2)21-35(28)34-18-20-48-41(27-34)40-13-11-12-19-47-40)37-23-31(4)38(24-30(37)3)39-25-33(6)44(26-32(39)5)49-42-14-7-9-16-45(42)50-46-17-10-8-15-43(46)49/h7-27H,1-6H3. The highest BCUT2D eigenvalue weighted by molar-refractivity contribution is 7.99. The lowest BCUT2D eigenvalue weighted by Gasteiger charge is -2.34. The average Bonchev–Trinajstić information content (AvgIpc) is 3.13. The predicted molar refractivity (Wildman–Crippen MR) is 211 cm³/mol. The summed E-state index contributed by atoms with van der Waals surface area (Å²) in [6, 6.07) is 41.8. The summed E-state index contributed by atoms with van der Waals surface area (Å²) in [4.78, 5) is 14.1. The van der Waals surface area contributed by atoms with Crippen LogP contribution in [0.4, 0.5) is 17.1 Å². The zero-order valence-electron chi connectivity index (χ0n) is 29.4. The number of benzene rings is 5.